The third kappa shape index (κ3) is 4.68. The van der Waals surface area contributed by atoms with Crippen molar-refractivity contribution in [3.05, 3.63) is 29.8 Å². The van der Waals surface area contributed by atoms with Gasteiger partial charge in [0.15, 0.2) is 0 Å². The minimum atomic E-state index is 0.0733. The first-order valence-corrected chi connectivity index (χ1v) is 6.34. The number of hydrogen-bond donors (Lipinski definition) is 2. The zero-order valence-electron chi connectivity index (χ0n) is 9.40. The Balaban J connectivity index is 2.29. The molecule has 0 heterocycles. The molecule has 0 aliphatic rings. The fourth-order valence-electron chi connectivity index (χ4n) is 1.24. The summed E-state index contributed by atoms with van der Waals surface area (Å²) in [5, 5.41) is 11.6. The predicted molar refractivity (Wildman–Crippen MR) is 66.4 cm³/mol. The molecule has 2 N–H and O–H groups in total. The van der Waals surface area contributed by atoms with Crippen LogP contribution in [0, 0.1) is 0 Å². The minimum absolute atomic E-state index is 0.0733. The lowest BCUT2D eigenvalue weighted by Crippen LogP contribution is -2.22. The number of aliphatic hydroxyl groups excluding tert-OH is 1. The second-order valence-electron chi connectivity index (χ2n) is 3.35. The Hall–Kier alpha value is -1.00. The second-order valence-corrected chi connectivity index (χ2v) is 4.52. The van der Waals surface area contributed by atoms with Gasteiger partial charge in [0.05, 0.1) is 6.61 Å². The lowest BCUT2D eigenvalue weighted by atomic mass is 10.2. The van der Waals surface area contributed by atoms with Gasteiger partial charge in [0.2, 0.25) is 5.91 Å². The van der Waals surface area contributed by atoms with E-state index >= 15 is 0 Å². The summed E-state index contributed by atoms with van der Waals surface area (Å²) >= 11 is 1.65. The van der Waals surface area contributed by atoms with Gasteiger partial charge in [-0.3, -0.25) is 4.79 Å². The molecule has 88 valence electrons. The summed E-state index contributed by atoms with van der Waals surface area (Å²) in [5.74, 6) is 0.881. The summed E-state index contributed by atoms with van der Waals surface area (Å²) in [7, 11) is 0. The van der Waals surface area contributed by atoms with E-state index in [4.69, 9.17) is 5.11 Å². The average Bonchev–Trinajstić information content (AvgIpc) is 2.30. The van der Waals surface area contributed by atoms with Crippen molar-refractivity contribution in [2.75, 3.05) is 12.3 Å². The maximum Gasteiger partial charge on any atom is 0.220 e. The molecule has 1 rings (SSSR count). The van der Waals surface area contributed by atoms with Crippen LogP contribution in [0.25, 0.3) is 0 Å². The van der Waals surface area contributed by atoms with E-state index in [0.29, 0.717) is 13.0 Å². The van der Waals surface area contributed by atoms with Gasteiger partial charge in [0.25, 0.3) is 0 Å². The molecular weight excluding hydrogens is 222 g/mol. The first-order chi connectivity index (χ1) is 7.76. The van der Waals surface area contributed by atoms with Gasteiger partial charge >= 0.3 is 0 Å². The van der Waals surface area contributed by atoms with Gasteiger partial charge in [-0.05, 0) is 24.6 Å². The number of benzene rings is 1. The third-order valence-electron chi connectivity index (χ3n) is 2.08. The molecule has 16 heavy (non-hydrogen) atoms. The standard InChI is InChI=1S/C12H17NO2S/c1-2-13-12(15)7-8-16-11-5-3-10(9-14)4-6-11/h3-6,14H,2,7-9H2,1H3,(H,13,15). The second kappa shape index (κ2) is 7.30. The van der Waals surface area contributed by atoms with E-state index in [9.17, 15) is 4.79 Å². The molecule has 0 bridgehead atoms. The van der Waals surface area contributed by atoms with E-state index in [0.717, 1.165) is 16.2 Å². The monoisotopic (exact) mass is 239 g/mol. The van der Waals surface area contributed by atoms with Gasteiger partial charge in [-0.25, -0.2) is 0 Å². The Morgan fingerprint density at radius 1 is 1.38 bits per heavy atom. The molecular formula is C12H17NO2S. The Morgan fingerprint density at radius 2 is 2.06 bits per heavy atom. The van der Waals surface area contributed by atoms with Crippen molar-refractivity contribution in [2.45, 2.75) is 24.8 Å². The SMILES string of the molecule is CCNC(=O)CCSc1ccc(CO)cc1. The van der Waals surface area contributed by atoms with E-state index in [2.05, 4.69) is 5.32 Å². The van der Waals surface area contributed by atoms with Crippen molar-refractivity contribution in [3.8, 4) is 0 Å². The molecule has 0 fully saturated rings. The molecule has 0 aliphatic heterocycles. The highest BCUT2D eigenvalue weighted by molar-refractivity contribution is 7.99. The number of nitrogens with one attached hydrogen (secondary N) is 1. The van der Waals surface area contributed by atoms with E-state index in [-0.39, 0.29) is 12.5 Å². The van der Waals surface area contributed by atoms with Gasteiger partial charge in [-0.1, -0.05) is 12.1 Å². The molecule has 1 aromatic carbocycles. The van der Waals surface area contributed by atoms with Crippen LogP contribution in [0.4, 0.5) is 0 Å². The van der Waals surface area contributed by atoms with Crippen molar-refractivity contribution in [1.29, 1.82) is 0 Å². The zero-order valence-corrected chi connectivity index (χ0v) is 10.2. The highest BCUT2D eigenvalue weighted by Crippen LogP contribution is 2.19. The fourth-order valence-corrected chi connectivity index (χ4v) is 2.09. The van der Waals surface area contributed by atoms with Crippen molar-refractivity contribution in [1.82, 2.24) is 5.32 Å². The van der Waals surface area contributed by atoms with Crippen molar-refractivity contribution < 1.29 is 9.90 Å². The topological polar surface area (TPSA) is 49.3 Å². The van der Waals surface area contributed by atoms with Gasteiger partial charge in [-0.2, -0.15) is 0 Å². The van der Waals surface area contributed by atoms with Crippen LogP contribution in [-0.2, 0) is 11.4 Å². The summed E-state index contributed by atoms with van der Waals surface area (Å²) in [6.45, 7) is 2.68. The van der Waals surface area contributed by atoms with E-state index < -0.39 is 0 Å². The highest BCUT2D eigenvalue weighted by Gasteiger charge is 2.00. The smallest absolute Gasteiger partial charge is 0.220 e. The molecule has 3 nitrogen and oxygen atoms in total. The van der Waals surface area contributed by atoms with E-state index in [1.54, 1.807) is 11.8 Å². The molecule has 1 aromatic rings. The molecule has 0 spiro atoms. The molecule has 0 unspecified atom stereocenters. The van der Waals surface area contributed by atoms with Crippen LogP contribution < -0.4 is 5.32 Å². The summed E-state index contributed by atoms with van der Waals surface area (Å²) in [4.78, 5) is 12.3. The van der Waals surface area contributed by atoms with Crippen molar-refractivity contribution >= 4 is 17.7 Å². The summed E-state index contributed by atoms with van der Waals surface area (Å²) in [5.41, 5.74) is 0.910. The molecule has 0 saturated heterocycles. The average molecular weight is 239 g/mol. The third-order valence-corrected chi connectivity index (χ3v) is 3.09. The summed E-state index contributed by atoms with van der Waals surface area (Å²) in [6.07, 6.45) is 0.542. The van der Waals surface area contributed by atoms with Gasteiger partial charge in [0.1, 0.15) is 0 Å². The largest absolute Gasteiger partial charge is 0.392 e. The lowest BCUT2D eigenvalue weighted by Gasteiger charge is -2.03. The predicted octanol–water partition coefficient (Wildman–Crippen LogP) is 1.80. The van der Waals surface area contributed by atoms with Crippen LogP contribution in [0.15, 0.2) is 29.2 Å². The number of thioether (sulfide) groups is 1. The Morgan fingerprint density at radius 3 is 2.62 bits per heavy atom. The Kier molecular flexibility index (Phi) is 5.96. The van der Waals surface area contributed by atoms with Crippen molar-refractivity contribution in [3.63, 3.8) is 0 Å². The number of carbonyl (C=O) groups excluding carboxylic acids is 1. The van der Waals surface area contributed by atoms with Crippen LogP contribution in [0.3, 0.4) is 0 Å². The zero-order chi connectivity index (χ0) is 11.8. The number of aliphatic hydroxyl groups is 1. The van der Waals surface area contributed by atoms with Gasteiger partial charge < -0.3 is 10.4 Å². The number of carbonyl (C=O) groups is 1. The van der Waals surface area contributed by atoms with Gasteiger partial charge in [0, 0.05) is 23.6 Å². The maximum absolute atomic E-state index is 11.2. The van der Waals surface area contributed by atoms with Crippen LogP contribution in [0.5, 0.6) is 0 Å². The summed E-state index contributed by atoms with van der Waals surface area (Å²) < 4.78 is 0. The molecule has 0 aliphatic carbocycles. The van der Waals surface area contributed by atoms with Crippen LogP contribution >= 0.6 is 11.8 Å². The number of hydrogen-bond acceptors (Lipinski definition) is 3. The van der Waals surface area contributed by atoms with Crippen LogP contribution in [0.1, 0.15) is 18.9 Å². The normalized spacial score (nSPS) is 10.1. The quantitative estimate of drug-likeness (QED) is 0.744. The molecule has 1 amide bonds. The van der Waals surface area contributed by atoms with Crippen molar-refractivity contribution in [2.24, 2.45) is 0 Å². The molecule has 0 saturated carbocycles. The molecule has 0 radical (unpaired) electrons. The first-order valence-electron chi connectivity index (χ1n) is 5.35. The number of rotatable bonds is 6. The lowest BCUT2D eigenvalue weighted by molar-refractivity contribution is -0.120. The number of amides is 1. The fraction of sp³-hybridized carbons (Fsp3) is 0.417. The molecule has 0 aromatic heterocycles. The Bertz CT molecular complexity index is 324. The van der Waals surface area contributed by atoms with E-state index in [1.165, 1.54) is 0 Å². The van der Waals surface area contributed by atoms with Crippen LogP contribution in [-0.4, -0.2) is 23.3 Å². The molecule has 4 heteroatoms. The summed E-state index contributed by atoms with van der Waals surface area (Å²) in [6, 6.07) is 7.73. The van der Waals surface area contributed by atoms with Gasteiger partial charge in [-0.15, -0.1) is 11.8 Å². The van der Waals surface area contributed by atoms with Crippen LogP contribution in [0.2, 0.25) is 0 Å². The van der Waals surface area contributed by atoms with E-state index in [1.807, 2.05) is 31.2 Å². The highest BCUT2D eigenvalue weighted by atomic mass is 32.2. The molecule has 0 atom stereocenters. The Labute approximate surface area is 100 Å². The maximum atomic E-state index is 11.2. The first kappa shape index (κ1) is 13.1. The minimum Gasteiger partial charge on any atom is -0.392 e.